The Morgan fingerprint density at radius 1 is 0.622 bits per heavy atom. The lowest BCUT2D eigenvalue weighted by Crippen LogP contribution is -2.42. The molecule has 234 valence electrons. The first-order valence-electron chi connectivity index (χ1n) is 15.4. The van der Waals surface area contributed by atoms with Crippen LogP contribution in [0.5, 0.6) is 0 Å². The molecule has 0 fully saturated rings. The van der Waals surface area contributed by atoms with Gasteiger partial charge in [0, 0.05) is 62.9 Å². The van der Waals surface area contributed by atoms with Gasteiger partial charge in [-0.15, -0.1) is 5.10 Å². The van der Waals surface area contributed by atoms with Crippen molar-refractivity contribution >= 4 is 40.4 Å². The van der Waals surface area contributed by atoms with Crippen molar-refractivity contribution in [2.45, 2.75) is 6.92 Å². The zero-order valence-electron chi connectivity index (χ0n) is 28.0. The summed E-state index contributed by atoms with van der Waals surface area (Å²) in [6, 6.07) is 32.8. The molecule has 0 unspecified atom stereocenters. The Morgan fingerprint density at radius 2 is 1.07 bits per heavy atom. The van der Waals surface area contributed by atoms with Crippen molar-refractivity contribution in [1.29, 1.82) is 0 Å². The molecule has 4 aromatic rings. The smallest absolute Gasteiger partial charge is 0.100 e. The molecule has 0 aliphatic rings. The van der Waals surface area contributed by atoms with Crippen LogP contribution in [0.2, 0.25) is 0 Å². The summed E-state index contributed by atoms with van der Waals surface area (Å²) in [4.78, 5) is 6.55. The van der Waals surface area contributed by atoms with Crippen molar-refractivity contribution in [1.82, 2.24) is 0 Å². The van der Waals surface area contributed by atoms with Crippen molar-refractivity contribution in [3.05, 3.63) is 114 Å². The minimum absolute atomic E-state index is 0.778. The van der Waals surface area contributed by atoms with E-state index in [1.54, 1.807) is 6.21 Å². The second-order valence-electron chi connectivity index (χ2n) is 12.5. The standard InChI is InChI=1S/C37H47N8/c1-9-44(26-27-45(6,7)8)36-24-18-33(19-25-36)40-39-32-16-10-29(11-17-32)28-38-41-37(30-12-20-34(21-13-30)42(2)3)31-14-22-35(23-15-31)43(4)5/h10-25,28H,9,26-27H2,1-8H3/q+1/b38-28+,40-39+. The Hall–Kier alpha value is -4.82. The van der Waals surface area contributed by atoms with Gasteiger partial charge in [-0.05, 0) is 73.2 Å². The van der Waals surface area contributed by atoms with Crippen LogP contribution in [-0.4, -0.2) is 85.4 Å². The zero-order valence-corrected chi connectivity index (χ0v) is 28.0. The number of benzene rings is 4. The van der Waals surface area contributed by atoms with E-state index in [-0.39, 0.29) is 0 Å². The van der Waals surface area contributed by atoms with Crippen LogP contribution in [0.25, 0.3) is 0 Å². The van der Waals surface area contributed by atoms with Crippen molar-refractivity contribution < 1.29 is 4.48 Å². The van der Waals surface area contributed by atoms with Gasteiger partial charge in [0.15, 0.2) is 0 Å². The first kappa shape index (κ1) is 33.1. The first-order valence-corrected chi connectivity index (χ1v) is 15.4. The molecule has 0 amide bonds. The van der Waals surface area contributed by atoms with Crippen LogP contribution in [-0.2, 0) is 0 Å². The van der Waals surface area contributed by atoms with E-state index >= 15 is 0 Å². The van der Waals surface area contributed by atoms with Crippen molar-refractivity contribution in [3.8, 4) is 0 Å². The Morgan fingerprint density at radius 3 is 1.49 bits per heavy atom. The average molecular weight is 604 g/mol. The molecule has 0 N–H and O–H groups in total. The summed E-state index contributed by atoms with van der Waals surface area (Å²) in [7, 11) is 14.8. The van der Waals surface area contributed by atoms with E-state index in [0.717, 1.165) is 69.3 Å². The molecule has 0 saturated heterocycles. The molecule has 0 bridgehead atoms. The van der Waals surface area contributed by atoms with E-state index in [2.05, 4.69) is 124 Å². The lowest BCUT2D eigenvalue weighted by molar-refractivity contribution is -0.868. The van der Waals surface area contributed by atoms with Crippen LogP contribution in [0.3, 0.4) is 0 Å². The van der Waals surface area contributed by atoms with Crippen LogP contribution in [0.1, 0.15) is 23.6 Å². The molecule has 0 saturated carbocycles. The predicted octanol–water partition coefficient (Wildman–Crippen LogP) is 7.64. The van der Waals surface area contributed by atoms with Gasteiger partial charge in [-0.2, -0.15) is 15.3 Å². The summed E-state index contributed by atoms with van der Waals surface area (Å²) in [6.07, 6.45) is 1.76. The van der Waals surface area contributed by atoms with Gasteiger partial charge in [-0.25, -0.2) is 0 Å². The Balaban J connectivity index is 1.45. The molecule has 0 radical (unpaired) electrons. The molecule has 8 nitrogen and oxygen atoms in total. The van der Waals surface area contributed by atoms with Gasteiger partial charge in [0.05, 0.1) is 51.8 Å². The number of azo groups is 1. The largest absolute Gasteiger partial charge is 0.378 e. The fourth-order valence-corrected chi connectivity index (χ4v) is 4.63. The molecule has 4 rings (SSSR count). The third-order valence-electron chi connectivity index (χ3n) is 7.49. The van der Waals surface area contributed by atoms with Crippen LogP contribution < -0.4 is 14.7 Å². The van der Waals surface area contributed by atoms with E-state index < -0.39 is 0 Å². The summed E-state index contributed by atoms with van der Waals surface area (Å²) >= 11 is 0. The lowest BCUT2D eigenvalue weighted by Gasteiger charge is -2.29. The topological polar surface area (TPSA) is 59.2 Å². The Labute approximate surface area is 269 Å². The number of anilines is 3. The fourth-order valence-electron chi connectivity index (χ4n) is 4.63. The molecule has 0 aliphatic heterocycles. The van der Waals surface area contributed by atoms with Crippen LogP contribution in [0.4, 0.5) is 28.4 Å². The van der Waals surface area contributed by atoms with Crippen molar-refractivity contribution in [2.75, 3.05) is 83.7 Å². The van der Waals surface area contributed by atoms with Crippen molar-refractivity contribution in [3.63, 3.8) is 0 Å². The molecule has 0 aromatic heterocycles. The van der Waals surface area contributed by atoms with Gasteiger partial charge in [-0.1, -0.05) is 36.4 Å². The maximum atomic E-state index is 4.67. The van der Waals surface area contributed by atoms with E-state index in [1.807, 2.05) is 64.6 Å². The predicted molar refractivity (Wildman–Crippen MR) is 193 cm³/mol. The summed E-state index contributed by atoms with van der Waals surface area (Å²) < 4.78 is 0.944. The zero-order chi connectivity index (χ0) is 32.4. The highest BCUT2D eigenvalue weighted by molar-refractivity contribution is 6.13. The fraction of sp³-hybridized carbons (Fsp3) is 0.297. The van der Waals surface area contributed by atoms with E-state index in [9.17, 15) is 0 Å². The molecule has 0 aliphatic carbocycles. The van der Waals surface area contributed by atoms with Crippen LogP contribution in [0.15, 0.2) is 117 Å². The summed E-state index contributed by atoms with van der Waals surface area (Å²) in [6.45, 7) is 5.25. The molecule has 4 aromatic carbocycles. The van der Waals surface area contributed by atoms with Gasteiger partial charge in [-0.3, -0.25) is 0 Å². The number of nitrogens with zero attached hydrogens (tertiary/aromatic N) is 8. The van der Waals surface area contributed by atoms with Gasteiger partial charge >= 0.3 is 0 Å². The normalized spacial score (nSPS) is 11.6. The molecule has 0 heterocycles. The molecule has 45 heavy (non-hydrogen) atoms. The monoisotopic (exact) mass is 603 g/mol. The van der Waals surface area contributed by atoms with Gasteiger partial charge < -0.3 is 19.2 Å². The van der Waals surface area contributed by atoms with Crippen LogP contribution >= 0.6 is 0 Å². The minimum atomic E-state index is 0.778. The van der Waals surface area contributed by atoms with E-state index in [4.69, 9.17) is 0 Å². The summed E-state index contributed by atoms with van der Waals surface area (Å²) in [5.74, 6) is 0. The summed E-state index contributed by atoms with van der Waals surface area (Å²) in [5, 5.41) is 18.0. The minimum Gasteiger partial charge on any atom is -0.378 e. The first-order chi connectivity index (χ1) is 21.5. The number of hydrogen-bond acceptors (Lipinski definition) is 7. The third-order valence-corrected chi connectivity index (χ3v) is 7.49. The number of rotatable bonds is 13. The molecule has 8 heteroatoms. The molecule has 0 atom stereocenters. The molecular weight excluding hydrogens is 556 g/mol. The van der Waals surface area contributed by atoms with Gasteiger partial charge in [0.2, 0.25) is 0 Å². The molecular formula is C37H47N8+. The maximum Gasteiger partial charge on any atom is 0.100 e. The SMILES string of the molecule is CCN(CC[N+](C)(C)C)c1ccc(/N=N/c2ccc(/C=N/N=C(c3ccc(N(C)C)cc3)c3ccc(N(C)C)cc3)cc2)cc1. The highest BCUT2D eigenvalue weighted by atomic mass is 15.3. The highest BCUT2D eigenvalue weighted by Crippen LogP contribution is 2.23. The van der Waals surface area contributed by atoms with E-state index in [0.29, 0.717) is 0 Å². The second kappa shape index (κ2) is 15.3. The quantitative estimate of drug-likeness (QED) is 0.0683. The van der Waals surface area contributed by atoms with E-state index in [1.165, 1.54) is 5.69 Å². The Kier molecular flexibility index (Phi) is 11.2. The van der Waals surface area contributed by atoms with Gasteiger partial charge in [0.25, 0.3) is 0 Å². The number of quaternary nitrogens is 1. The third kappa shape index (κ3) is 9.84. The second-order valence-corrected chi connectivity index (χ2v) is 12.5. The average Bonchev–Trinajstić information content (AvgIpc) is 3.03. The number of hydrogen-bond donors (Lipinski definition) is 0. The van der Waals surface area contributed by atoms with Crippen LogP contribution in [0, 0.1) is 0 Å². The van der Waals surface area contributed by atoms with Gasteiger partial charge in [0.1, 0.15) is 5.71 Å². The number of likely N-dealkylation sites (N-methyl/N-ethyl adjacent to an activating group) is 2. The summed E-state index contributed by atoms with van der Waals surface area (Å²) in [5.41, 5.74) is 8.83. The molecule has 0 spiro atoms. The highest BCUT2D eigenvalue weighted by Gasteiger charge is 2.12. The Bertz CT molecular complexity index is 1520. The lowest BCUT2D eigenvalue weighted by atomic mass is 10.0. The maximum absolute atomic E-state index is 4.67. The van der Waals surface area contributed by atoms with Crippen molar-refractivity contribution in [2.24, 2.45) is 20.4 Å².